The quantitative estimate of drug-likeness (QED) is 0.295. The molecule has 148 valence electrons. The maximum absolute atomic E-state index is 12.0. The molecule has 1 aromatic heterocycles. The van der Waals surface area contributed by atoms with E-state index in [-0.39, 0.29) is 41.8 Å². The topological polar surface area (TPSA) is 65.5 Å². The SMILES string of the molecule is CCNC(=NCC(=O)NCc1ccccc1)NCC(C)(C)c1cccs1.I. The summed E-state index contributed by atoms with van der Waals surface area (Å²) < 4.78 is 0. The Labute approximate surface area is 183 Å². The van der Waals surface area contributed by atoms with Crippen LogP contribution in [0.25, 0.3) is 0 Å². The zero-order valence-electron chi connectivity index (χ0n) is 16.1. The fourth-order valence-corrected chi connectivity index (χ4v) is 3.25. The van der Waals surface area contributed by atoms with Crippen LogP contribution >= 0.6 is 35.3 Å². The third-order valence-corrected chi connectivity index (χ3v) is 5.18. The number of benzene rings is 1. The van der Waals surface area contributed by atoms with Crippen LogP contribution in [0.5, 0.6) is 0 Å². The summed E-state index contributed by atoms with van der Waals surface area (Å²) in [6.45, 7) is 8.51. The van der Waals surface area contributed by atoms with Crippen LogP contribution in [0.4, 0.5) is 0 Å². The third-order valence-electron chi connectivity index (χ3n) is 3.94. The Bertz CT molecular complexity index is 702. The molecule has 1 heterocycles. The van der Waals surface area contributed by atoms with E-state index in [2.05, 4.69) is 52.3 Å². The van der Waals surface area contributed by atoms with Crippen LogP contribution in [0.2, 0.25) is 0 Å². The minimum absolute atomic E-state index is 0. The van der Waals surface area contributed by atoms with E-state index in [1.165, 1.54) is 4.88 Å². The van der Waals surface area contributed by atoms with Crippen molar-refractivity contribution in [3.63, 3.8) is 0 Å². The summed E-state index contributed by atoms with van der Waals surface area (Å²) in [6, 6.07) is 14.1. The molecule has 0 saturated heterocycles. The first kappa shape index (κ1) is 23.4. The van der Waals surface area contributed by atoms with Crippen LogP contribution in [0, 0.1) is 0 Å². The maximum atomic E-state index is 12.0. The molecule has 5 nitrogen and oxygen atoms in total. The molecule has 0 spiro atoms. The van der Waals surface area contributed by atoms with Gasteiger partial charge in [-0.25, -0.2) is 4.99 Å². The van der Waals surface area contributed by atoms with Crippen LogP contribution in [-0.4, -0.2) is 31.5 Å². The molecule has 1 amide bonds. The molecule has 0 unspecified atom stereocenters. The average molecular weight is 500 g/mol. The standard InChI is InChI=1S/C20H28N4OS.HI/c1-4-21-19(24-15-20(2,3)17-11-8-12-26-17)23-14-18(25)22-13-16-9-6-5-7-10-16;/h5-12H,4,13-15H2,1-3H3,(H,22,25)(H2,21,23,24);1H. The van der Waals surface area contributed by atoms with Gasteiger partial charge in [-0.15, -0.1) is 35.3 Å². The van der Waals surface area contributed by atoms with Crippen LogP contribution in [0.3, 0.4) is 0 Å². The number of thiophene rings is 1. The summed E-state index contributed by atoms with van der Waals surface area (Å²) >= 11 is 1.75. The number of aliphatic imine (C=N–C) groups is 1. The second-order valence-corrected chi connectivity index (χ2v) is 7.62. The lowest BCUT2D eigenvalue weighted by molar-refractivity contribution is -0.119. The van der Waals surface area contributed by atoms with E-state index < -0.39 is 0 Å². The van der Waals surface area contributed by atoms with Gasteiger partial charge in [-0.2, -0.15) is 0 Å². The van der Waals surface area contributed by atoms with Gasteiger partial charge in [0, 0.05) is 29.9 Å². The molecule has 3 N–H and O–H groups in total. The van der Waals surface area contributed by atoms with Crippen molar-refractivity contribution in [1.82, 2.24) is 16.0 Å². The van der Waals surface area contributed by atoms with Gasteiger partial charge in [-0.1, -0.05) is 50.2 Å². The summed E-state index contributed by atoms with van der Waals surface area (Å²) in [5, 5.41) is 11.5. The minimum Gasteiger partial charge on any atom is -0.357 e. The molecule has 0 fully saturated rings. The summed E-state index contributed by atoms with van der Waals surface area (Å²) in [7, 11) is 0. The molecule has 0 saturated carbocycles. The molecule has 0 aliphatic heterocycles. The average Bonchev–Trinajstić information content (AvgIpc) is 3.19. The van der Waals surface area contributed by atoms with E-state index in [9.17, 15) is 4.79 Å². The van der Waals surface area contributed by atoms with Gasteiger partial charge in [-0.05, 0) is 23.9 Å². The van der Waals surface area contributed by atoms with Gasteiger partial charge in [0.2, 0.25) is 5.91 Å². The molecule has 0 atom stereocenters. The number of nitrogens with one attached hydrogen (secondary N) is 3. The molecule has 0 bridgehead atoms. The van der Waals surface area contributed by atoms with Gasteiger partial charge in [-0.3, -0.25) is 4.79 Å². The van der Waals surface area contributed by atoms with Gasteiger partial charge < -0.3 is 16.0 Å². The van der Waals surface area contributed by atoms with Crippen molar-refractivity contribution in [2.75, 3.05) is 19.6 Å². The predicted molar refractivity (Wildman–Crippen MR) is 125 cm³/mol. The third kappa shape index (κ3) is 8.30. The number of guanidine groups is 1. The van der Waals surface area contributed by atoms with Crippen LogP contribution in [-0.2, 0) is 16.8 Å². The number of rotatable bonds is 8. The monoisotopic (exact) mass is 500 g/mol. The van der Waals surface area contributed by atoms with Crippen molar-refractivity contribution in [3.8, 4) is 0 Å². The molecule has 27 heavy (non-hydrogen) atoms. The largest absolute Gasteiger partial charge is 0.357 e. The predicted octanol–water partition coefficient (Wildman–Crippen LogP) is 3.52. The highest BCUT2D eigenvalue weighted by Gasteiger charge is 2.21. The van der Waals surface area contributed by atoms with Gasteiger partial charge >= 0.3 is 0 Å². The second-order valence-electron chi connectivity index (χ2n) is 6.67. The number of hydrogen-bond donors (Lipinski definition) is 3. The smallest absolute Gasteiger partial charge is 0.242 e. The molecule has 0 aliphatic carbocycles. The fraction of sp³-hybridized carbons (Fsp3) is 0.400. The summed E-state index contributed by atoms with van der Waals surface area (Å²) in [6.07, 6.45) is 0. The van der Waals surface area contributed by atoms with Crippen molar-refractivity contribution < 1.29 is 4.79 Å². The first-order valence-electron chi connectivity index (χ1n) is 8.88. The van der Waals surface area contributed by atoms with Crippen molar-refractivity contribution >= 4 is 47.2 Å². The summed E-state index contributed by atoms with van der Waals surface area (Å²) in [5.41, 5.74) is 1.08. The van der Waals surface area contributed by atoms with Gasteiger partial charge in [0.15, 0.2) is 5.96 Å². The van der Waals surface area contributed by atoms with E-state index in [4.69, 9.17) is 0 Å². The Morgan fingerprint density at radius 1 is 1.07 bits per heavy atom. The lowest BCUT2D eigenvalue weighted by Crippen LogP contribution is -2.43. The molecule has 1 aromatic carbocycles. The molecule has 7 heteroatoms. The van der Waals surface area contributed by atoms with E-state index in [0.29, 0.717) is 12.5 Å². The second kappa shape index (κ2) is 12.0. The molecule has 2 rings (SSSR count). The lowest BCUT2D eigenvalue weighted by Gasteiger charge is -2.25. The minimum atomic E-state index is -0.0939. The van der Waals surface area contributed by atoms with Crippen LogP contribution < -0.4 is 16.0 Å². The van der Waals surface area contributed by atoms with Gasteiger partial charge in [0.25, 0.3) is 0 Å². The van der Waals surface area contributed by atoms with E-state index in [1.807, 2.05) is 37.3 Å². The number of carbonyl (C=O) groups excluding carboxylic acids is 1. The highest BCUT2D eigenvalue weighted by molar-refractivity contribution is 14.0. The maximum Gasteiger partial charge on any atom is 0.242 e. The number of halogens is 1. The van der Waals surface area contributed by atoms with Gasteiger partial charge in [0.1, 0.15) is 6.54 Å². The molecule has 0 aliphatic rings. The Morgan fingerprint density at radius 3 is 2.44 bits per heavy atom. The van der Waals surface area contributed by atoms with Crippen molar-refractivity contribution in [1.29, 1.82) is 0 Å². The molecular formula is C20H29IN4OS. The highest BCUT2D eigenvalue weighted by Crippen LogP contribution is 2.26. The Balaban J connectivity index is 0.00000364. The Morgan fingerprint density at radius 2 is 1.81 bits per heavy atom. The molecular weight excluding hydrogens is 471 g/mol. The molecule has 2 aromatic rings. The molecule has 0 radical (unpaired) electrons. The first-order valence-corrected chi connectivity index (χ1v) is 9.76. The van der Waals surface area contributed by atoms with E-state index in [0.717, 1.165) is 18.7 Å². The zero-order chi connectivity index (χ0) is 18.8. The lowest BCUT2D eigenvalue weighted by atomic mass is 9.91. The number of carbonyl (C=O) groups is 1. The normalized spacial score (nSPS) is 11.4. The van der Waals surface area contributed by atoms with Crippen LogP contribution in [0.15, 0.2) is 52.8 Å². The summed E-state index contributed by atoms with van der Waals surface area (Å²) in [5.74, 6) is 0.565. The van der Waals surface area contributed by atoms with Crippen LogP contribution in [0.1, 0.15) is 31.2 Å². The summed E-state index contributed by atoms with van der Waals surface area (Å²) in [4.78, 5) is 17.8. The van der Waals surface area contributed by atoms with E-state index >= 15 is 0 Å². The first-order chi connectivity index (χ1) is 12.5. The number of nitrogens with zero attached hydrogens (tertiary/aromatic N) is 1. The van der Waals surface area contributed by atoms with Gasteiger partial charge in [0.05, 0.1) is 0 Å². The Hall–Kier alpha value is -1.61. The highest BCUT2D eigenvalue weighted by atomic mass is 127. The Kier molecular flexibility index (Phi) is 10.4. The van der Waals surface area contributed by atoms with Crippen molar-refractivity contribution in [2.24, 2.45) is 4.99 Å². The van der Waals surface area contributed by atoms with Crippen molar-refractivity contribution in [3.05, 3.63) is 58.3 Å². The fourth-order valence-electron chi connectivity index (χ4n) is 2.40. The number of amides is 1. The zero-order valence-corrected chi connectivity index (χ0v) is 19.3. The van der Waals surface area contributed by atoms with Crippen molar-refractivity contribution in [2.45, 2.75) is 32.7 Å². The number of hydrogen-bond acceptors (Lipinski definition) is 3. The van der Waals surface area contributed by atoms with E-state index in [1.54, 1.807) is 11.3 Å².